The predicted octanol–water partition coefficient (Wildman–Crippen LogP) is 2.46. The van der Waals surface area contributed by atoms with E-state index in [2.05, 4.69) is 29.5 Å². The minimum Gasteiger partial charge on any atom is -0.314 e. The molecule has 1 aromatic heterocycles. The topological polar surface area (TPSA) is 24.9 Å². The molecule has 1 heterocycles. The van der Waals surface area contributed by atoms with Crippen LogP contribution in [-0.4, -0.2) is 17.6 Å². The van der Waals surface area contributed by atoms with Gasteiger partial charge in [-0.2, -0.15) is 0 Å². The molecule has 0 radical (unpaired) electrons. The Bertz CT molecular complexity index is 209. The summed E-state index contributed by atoms with van der Waals surface area (Å²) in [6, 6.07) is 0.642. The summed E-state index contributed by atoms with van der Waals surface area (Å²) >= 11 is 1.67. The fraction of sp³-hybridized carbons (Fsp3) is 0.700. The van der Waals surface area contributed by atoms with Crippen LogP contribution in [0.2, 0.25) is 0 Å². The average molecular weight is 198 g/mol. The Labute approximate surface area is 84.4 Å². The van der Waals surface area contributed by atoms with Crippen molar-refractivity contribution in [2.24, 2.45) is 0 Å². The van der Waals surface area contributed by atoms with Gasteiger partial charge in [0.05, 0.1) is 11.2 Å². The molecule has 13 heavy (non-hydrogen) atoms. The molecule has 0 saturated heterocycles. The Morgan fingerprint density at radius 3 is 3.08 bits per heavy atom. The van der Waals surface area contributed by atoms with Crippen LogP contribution in [0.4, 0.5) is 0 Å². The van der Waals surface area contributed by atoms with E-state index in [0.717, 1.165) is 13.0 Å². The van der Waals surface area contributed by atoms with E-state index in [1.165, 1.54) is 18.5 Å². The minimum atomic E-state index is 0.642. The Morgan fingerprint density at radius 2 is 2.46 bits per heavy atom. The lowest BCUT2D eigenvalue weighted by molar-refractivity contribution is 0.511. The molecule has 0 spiro atoms. The lowest BCUT2D eigenvalue weighted by Gasteiger charge is -2.11. The van der Waals surface area contributed by atoms with Crippen molar-refractivity contribution in [3.8, 4) is 0 Å². The van der Waals surface area contributed by atoms with Crippen LogP contribution in [0, 0.1) is 0 Å². The average Bonchev–Trinajstić information content (AvgIpc) is 2.57. The Balaban J connectivity index is 2.07. The van der Waals surface area contributed by atoms with Crippen molar-refractivity contribution in [1.29, 1.82) is 0 Å². The highest BCUT2D eigenvalue weighted by Crippen LogP contribution is 2.01. The van der Waals surface area contributed by atoms with E-state index in [9.17, 15) is 0 Å². The van der Waals surface area contributed by atoms with Crippen LogP contribution in [0.15, 0.2) is 10.9 Å². The van der Waals surface area contributed by atoms with E-state index in [0.29, 0.717) is 6.04 Å². The maximum Gasteiger partial charge on any atom is 0.0794 e. The maximum atomic E-state index is 4.24. The molecule has 0 aromatic carbocycles. The molecule has 1 aromatic rings. The van der Waals surface area contributed by atoms with Crippen molar-refractivity contribution in [3.05, 3.63) is 16.6 Å². The molecule has 2 nitrogen and oxygen atoms in total. The zero-order valence-electron chi connectivity index (χ0n) is 8.42. The number of rotatable bonds is 6. The van der Waals surface area contributed by atoms with Crippen LogP contribution < -0.4 is 5.32 Å². The quantitative estimate of drug-likeness (QED) is 0.759. The van der Waals surface area contributed by atoms with Crippen molar-refractivity contribution in [3.63, 3.8) is 0 Å². The Kier molecular flexibility index (Phi) is 5.01. The molecule has 0 fully saturated rings. The molecule has 1 rings (SSSR count). The molecule has 0 aliphatic carbocycles. The van der Waals surface area contributed by atoms with Crippen LogP contribution in [0.5, 0.6) is 0 Å². The molecule has 0 aliphatic rings. The fourth-order valence-corrected chi connectivity index (χ4v) is 1.94. The summed E-state index contributed by atoms with van der Waals surface area (Å²) in [5, 5.41) is 5.60. The Morgan fingerprint density at radius 1 is 1.62 bits per heavy atom. The van der Waals surface area contributed by atoms with Crippen molar-refractivity contribution >= 4 is 11.3 Å². The molecular formula is C10H18N2S. The van der Waals surface area contributed by atoms with Crippen LogP contribution in [-0.2, 0) is 6.42 Å². The predicted molar refractivity (Wildman–Crippen MR) is 58.2 cm³/mol. The molecule has 1 unspecified atom stereocenters. The summed E-state index contributed by atoms with van der Waals surface area (Å²) in [4.78, 5) is 4.24. The first-order chi connectivity index (χ1) is 6.33. The molecule has 0 bridgehead atoms. The summed E-state index contributed by atoms with van der Waals surface area (Å²) in [5.41, 5.74) is 3.10. The third kappa shape index (κ3) is 4.39. The molecule has 74 valence electrons. The summed E-state index contributed by atoms with van der Waals surface area (Å²) < 4.78 is 0. The van der Waals surface area contributed by atoms with Gasteiger partial charge in [-0.05, 0) is 13.3 Å². The first kappa shape index (κ1) is 10.7. The SMILES string of the molecule is CCCC(C)NCCc1cscn1. The number of nitrogens with one attached hydrogen (secondary N) is 1. The second-order valence-electron chi connectivity index (χ2n) is 3.37. The molecule has 0 saturated carbocycles. The first-order valence-electron chi connectivity index (χ1n) is 4.93. The first-order valence-corrected chi connectivity index (χ1v) is 5.87. The number of nitrogens with zero attached hydrogens (tertiary/aromatic N) is 1. The monoisotopic (exact) mass is 198 g/mol. The van der Waals surface area contributed by atoms with E-state index in [-0.39, 0.29) is 0 Å². The third-order valence-electron chi connectivity index (χ3n) is 2.08. The van der Waals surface area contributed by atoms with Crippen LogP contribution in [0.25, 0.3) is 0 Å². The minimum absolute atomic E-state index is 0.642. The van der Waals surface area contributed by atoms with Crippen molar-refractivity contribution < 1.29 is 0 Å². The van der Waals surface area contributed by atoms with Gasteiger partial charge < -0.3 is 5.32 Å². The zero-order valence-corrected chi connectivity index (χ0v) is 9.23. The molecule has 0 aliphatic heterocycles. The lowest BCUT2D eigenvalue weighted by atomic mass is 10.2. The van der Waals surface area contributed by atoms with Gasteiger partial charge in [0.2, 0.25) is 0 Å². The van der Waals surface area contributed by atoms with Gasteiger partial charge in [-0.15, -0.1) is 11.3 Å². The smallest absolute Gasteiger partial charge is 0.0794 e. The van der Waals surface area contributed by atoms with Gasteiger partial charge in [0.25, 0.3) is 0 Å². The van der Waals surface area contributed by atoms with E-state index in [1.54, 1.807) is 11.3 Å². The van der Waals surface area contributed by atoms with Crippen molar-refractivity contribution in [2.45, 2.75) is 39.2 Å². The highest BCUT2D eigenvalue weighted by atomic mass is 32.1. The van der Waals surface area contributed by atoms with Crippen molar-refractivity contribution in [1.82, 2.24) is 10.3 Å². The van der Waals surface area contributed by atoms with Gasteiger partial charge in [0.15, 0.2) is 0 Å². The highest BCUT2D eigenvalue weighted by Gasteiger charge is 1.99. The standard InChI is InChI=1S/C10H18N2S/c1-3-4-9(2)11-6-5-10-7-13-8-12-10/h7-9,11H,3-6H2,1-2H3. The van der Waals surface area contributed by atoms with E-state index in [4.69, 9.17) is 0 Å². The number of hydrogen-bond donors (Lipinski definition) is 1. The maximum absolute atomic E-state index is 4.24. The van der Waals surface area contributed by atoms with Crippen LogP contribution in [0.1, 0.15) is 32.4 Å². The molecular weight excluding hydrogens is 180 g/mol. The third-order valence-corrected chi connectivity index (χ3v) is 2.71. The molecule has 1 atom stereocenters. The number of thiazole rings is 1. The highest BCUT2D eigenvalue weighted by molar-refractivity contribution is 7.07. The van der Waals surface area contributed by atoms with Gasteiger partial charge in [0, 0.05) is 24.4 Å². The summed E-state index contributed by atoms with van der Waals surface area (Å²) in [6.45, 7) is 5.51. The summed E-state index contributed by atoms with van der Waals surface area (Å²) in [7, 11) is 0. The van der Waals surface area contributed by atoms with Gasteiger partial charge in [0.1, 0.15) is 0 Å². The number of aromatic nitrogens is 1. The van der Waals surface area contributed by atoms with Gasteiger partial charge in [-0.3, -0.25) is 0 Å². The summed E-state index contributed by atoms with van der Waals surface area (Å²) in [5.74, 6) is 0. The fourth-order valence-electron chi connectivity index (χ4n) is 1.34. The second-order valence-corrected chi connectivity index (χ2v) is 4.09. The van der Waals surface area contributed by atoms with Crippen molar-refractivity contribution in [2.75, 3.05) is 6.54 Å². The van der Waals surface area contributed by atoms with Crippen LogP contribution >= 0.6 is 11.3 Å². The Hall–Kier alpha value is -0.410. The van der Waals surface area contributed by atoms with Gasteiger partial charge >= 0.3 is 0 Å². The lowest BCUT2D eigenvalue weighted by Crippen LogP contribution is -2.27. The number of hydrogen-bond acceptors (Lipinski definition) is 3. The van der Waals surface area contributed by atoms with Gasteiger partial charge in [-0.25, -0.2) is 4.98 Å². The van der Waals surface area contributed by atoms with Crippen LogP contribution in [0.3, 0.4) is 0 Å². The van der Waals surface area contributed by atoms with Gasteiger partial charge in [-0.1, -0.05) is 13.3 Å². The van der Waals surface area contributed by atoms with E-state index in [1.807, 2.05) is 5.51 Å². The zero-order chi connectivity index (χ0) is 9.52. The molecule has 1 N–H and O–H groups in total. The normalized spacial score (nSPS) is 13.1. The second kappa shape index (κ2) is 6.11. The van der Waals surface area contributed by atoms with E-state index < -0.39 is 0 Å². The largest absolute Gasteiger partial charge is 0.314 e. The summed E-state index contributed by atoms with van der Waals surface area (Å²) in [6.07, 6.45) is 3.57. The van der Waals surface area contributed by atoms with E-state index >= 15 is 0 Å². The molecule has 0 amide bonds. The molecule has 3 heteroatoms.